The van der Waals surface area contributed by atoms with Crippen LogP contribution >= 0.6 is 23.1 Å². The van der Waals surface area contributed by atoms with Gasteiger partial charge in [0.1, 0.15) is 0 Å². The molecule has 0 radical (unpaired) electrons. The average Bonchev–Trinajstić information content (AvgIpc) is 3.21. The normalized spacial score (nSPS) is 17.2. The second kappa shape index (κ2) is 6.69. The third kappa shape index (κ3) is 2.89. The second-order valence-corrected chi connectivity index (χ2v) is 8.26. The van der Waals surface area contributed by atoms with E-state index in [4.69, 9.17) is 0 Å². The summed E-state index contributed by atoms with van der Waals surface area (Å²) in [5, 5.41) is 7.10. The Morgan fingerprint density at radius 1 is 1.36 bits per heavy atom. The van der Waals surface area contributed by atoms with Crippen LogP contribution in [0.3, 0.4) is 0 Å². The molecule has 0 atom stereocenters. The zero-order chi connectivity index (χ0) is 17.4. The summed E-state index contributed by atoms with van der Waals surface area (Å²) in [4.78, 5) is 16.3. The van der Waals surface area contributed by atoms with Crippen molar-refractivity contribution in [3.8, 4) is 10.6 Å². The lowest BCUT2D eigenvalue weighted by Crippen LogP contribution is -2.36. The Balaban J connectivity index is 1.76. The van der Waals surface area contributed by atoms with Crippen molar-refractivity contribution in [3.63, 3.8) is 0 Å². The highest BCUT2D eigenvalue weighted by Crippen LogP contribution is 2.43. The number of fused-ring (bicyclic) bond motifs is 1. The number of rotatable bonds is 3. The van der Waals surface area contributed by atoms with E-state index in [2.05, 4.69) is 41.4 Å². The molecule has 2 aliphatic rings. The summed E-state index contributed by atoms with van der Waals surface area (Å²) in [6.45, 7) is 2.82. The fourth-order valence-corrected chi connectivity index (χ4v) is 5.29. The maximum absolute atomic E-state index is 13.3. The Labute approximate surface area is 155 Å². The number of hydrogen-bond acceptors (Lipinski definition) is 4. The maximum atomic E-state index is 13.3. The van der Waals surface area contributed by atoms with Crippen LogP contribution in [0.1, 0.15) is 29.3 Å². The lowest BCUT2D eigenvalue weighted by atomic mass is 10.00. The standard InChI is InChI=1S/C19H19N3OS2/c1-12-4-3-5-13(7-6-12)22-11-9-14-16(18(22)23)19(24-2)25-17(14)15-8-10-20-21-15/h3,5-8,10H,4,9,11H2,1-2H3,(H,20,21). The van der Waals surface area contributed by atoms with Crippen LogP contribution in [-0.2, 0) is 6.42 Å². The number of amides is 1. The van der Waals surface area contributed by atoms with Gasteiger partial charge < -0.3 is 4.90 Å². The predicted octanol–water partition coefficient (Wildman–Crippen LogP) is 4.65. The summed E-state index contributed by atoms with van der Waals surface area (Å²) < 4.78 is 1.08. The molecule has 0 fully saturated rings. The van der Waals surface area contributed by atoms with Crippen molar-refractivity contribution in [1.29, 1.82) is 0 Å². The second-order valence-electron chi connectivity index (χ2n) is 6.16. The predicted molar refractivity (Wildman–Crippen MR) is 104 cm³/mol. The Kier molecular flexibility index (Phi) is 4.39. The fraction of sp³-hybridized carbons (Fsp3) is 0.263. The molecule has 0 bridgehead atoms. The minimum atomic E-state index is 0.108. The van der Waals surface area contributed by atoms with Crippen LogP contribution in [0, 0.1) is 0 Å². The summed E-state index contributed by atoms with van der Waals surface area (Å²) in [7, 11) is 0. The van der Waals surface area contributed by atoms with E-state index in [1.807, 2.05) is 17.2 Å². The molecular weight excluding hydrogens is 350 g/mol. The van der Waals surface area contributed by atoms with E-state index in [1.165, 1.54) is 5.57 Å². The SMILES string of the molecule is CSc1sc(-c2ccn[nH]2)c2c1C(=O)N(C1=CC=C(C)CC=C1)CC2. The molecule has 0 unspecified atom stereocenters. The molecule has 25 heavy (non-hydrogen) atoms. The van der Waals surface area contributed by atoms with Crippen LogP contribution in [0.15, 0.2) is 52.0 Å². The van der Waals surface area contributed by atoms with Crippen molar-refractivity contribution in [2.45, 2.75) is 24.0 Å². The first-order chi connectivity index (χ1) is 12.2. The van der Waals surface area contributed by atoms with Crippen molar-refractivity contribution in [2.24, 2.45) is 0 Å². The van der Waals surface area contributed by atoms with Crippen LogP contribution in [0.5, 0.6) is 0 Å². The van der Waals surface area contributed by atoms with E-state index in [-0.39, 0.29) is 5.91 Å². The molecule has 1 amide bonds. The topological polar surface area (TPSA) is 49.0 Å². The summed E-state index contributed by atoms with van der Waals surface area (Å²) in [6, 6.07) is 1.97. The number of nitrogens with one attached hydrogen (secondary N) is 1. The van der Waals surface area contributed by atoms with Gasteiger partial charge >= 0.3 is 0 Å². The third-order valence-electron chi connectivity index (χ3n) is 4.53. The molecule has 0 spiro atoms. The van der Waals surface area contributed by atoms with Gasteiger partial charge in [-0.25, -0.2) is 0 Å². The van der Waals surface area contributed by atoms with Gasteiger partial charge in [-0.2, -0.15) is 5.10 Å². The molecule has 1 N–H and O–H groups in total. The van der Waals surface area contributed by atoms with E-state index < -0.39 is 0 Å². The number of carbonyl (C=O) groups is 1. The van der Waals surface area contributed by atoms with Gasteiger partial charge in [-0.1, -0.05) is 17.7 Å². The van der Waals surface area contributed by atoms with E-state index in [0.717, 1.165) is 44.4 Å². The third-order valence-corrected chi connectivity index (χ3v) is 6.91. The first-order valence-corrected chi connectivity index (χ1v) is 10.3. The molecule has 4 nitrogen and oxygen atoms in total. The summed E-state index contributed by atoms with van der Waals surface area (Å²) >= 11 is 3.33. The van der Waals surface area contributed by atoms with Crippen molar-refractivity contribution in [2.75, 3.05) is 12.8 Å². The minimum Gasteiger partial charge on any atom is -0.308 e. The smallest absolute Gasteiger partial charge is 0.260 e. The number of nitrogens with zero attached hydrogens (tertiary/aromatic N) is 2. The Morgan fingerprint density at radius 3 is 3.00 bits per heavy atom. The van der Waals surface area contributed by atoms with Gasteiger partial charge in [0.05, 0.1) is 20.3 Å². The highest BCUT2D eigenvalue weighted by atomic mass is 32.2. The maximum Gasteiger partial charge on any atom is 0.260 e. The van der Waals surface area contributed by atoms with Gasteiger partial charge in [-0.05, 0) is 49.8 Å². The summed E-state index contributed by atoms with van der Waals surface area (Å²) in [5.74, 6) is 0.108. The number of allylic oxidation sites excluding steroid dienone is 5. The van der Waals surface area contributed by atoms with E-state index in [0.29, 0.717) is 6.54 Å². The van der Waals surface area contributed by atoms with Gasteiger partial charge in [0.25, 0.3) is 5.91 Å². The number of thioether (sulfide) groups is 1. The monoisotopic (exact) mass is 369 g/mol. The molecule has 1 aliphatic heterocycles. The van der Waals surface area contributed by atoms with Crippen LogP contribution in [-0.4, -0.2) is 33.8 Å². The largest absolute Gasteiger partial charge is 0.308 e. The van der Waals surface area contributed by atoms with Gasteiger partial charge in [0.2, 0.25) is 0 Å². The summed E-state index contributed by atoms with van der Waals surface area (Å²) in [6.07, 6.45) is 14.0. The quantitative estimate of drug-likeness (QED) is 0.801. The molecule has 0 saturated heterocycles. The van der Waals surface area contributed by atoms with E-state index >= 15 is 0 Å². The molecule has 0 aromatic carbocycles. The highest BCUT2D eigenvalue weighted by molar-refractivity contribution is 8.00. The molecule has 128 valence electrons. The van der Waals surface area contributed by atoms with Gasteiger partial charge in [0, 0.05) is 18.4 Å². The van der Waals surface area contributed by atoms with Crippen LogP contribution in [0.2, 0.25) is 0 Å². The number of thiophene rings is 1. The minimum absolute atomic E-state index is 0.108. The summed E-state index contributed by atoms with van der Waals surface area (Å²) in [5.41, 5.74) is 5.31. The molecule has 0 saturated carbocycles. The van der Waals surface area contributed by atoms with Gasteiger partial charge in [-0.3, -0.25) is 9.89 Å². The molecule has 2 aromatic heterocycles. The van der Waals surface area contributed by atoms with Gasteiger partial charge in [-0.15, -0.1) is 23.1 Å². The Morgan fingerprint density at radius 2 is 2.24 bits per heavy atom. The molecular formula is C19H19N3OS2. The van der Waals surface area contributed by atoms with Crippen molar-refractivity contribution in [1.82, 2.24) is 15.1 Å². The van der Waals surface area contributed by atoms with Crippen LogP contribution < -0.4 is 0 Å². The van der Waals surface area contributed by atoms with Crippen molar-refractivity contribution in [3.05, 3.63) is 59.0 Å². The fourth-order valence-electron chi connectivity index (χ4n) is 3.24. The van der Waals surface area contributed by atoms with Crippen molar-refractivity contribution >= 4 is 29.0 Å². The van der Waals surface area contributed by atoms with Crippen molar-refractivity contribution < 1.29 is 4.79 Å². The zero-order valence-electron chi connectivity index (χ0n) is 14.2. The average molecular weight is 370 g/mol. The lowest BCUT2D eigenvalue weighted by Gasteiger charge is -2.28. The number of aromatic amines is 1. The van der Waals surface area contributed by atoms with Gasteiger partial charge in [0.15, 0.2) is 0 Å². The molecule has 6 heteroatoms. The van der Waals surface area contributed by atoms with E-state index in [1.54, 1.807) is 29.3 Å². The Hall–Kier alpha value is -2.05. The lowest BCUT2D eigenvalue weighted by molar-refractivity contribution is 0.0795. The number of aromatic nitrogens is 2. The number of H-pyrrole nitrogens is 1. The highest BCUT2D eigenvalue weighted by Gasteiger charge is 2.33. The molecule has 2 aromatic rings. The molecule has 4 rings (SSSR count). The number of carbonyl (C=O) groups excluding carboxylic acids is 1. The van der Waals surface area contributed by atoms with Crippen LogP contribution in [0.25, 0.3) is 10.6 Å². The zero-order valence-corrected chi connectivity index (χ0v) is 15.8. The van der Waals surface area contributed by atoms with Crippen LogP contribution in [0.4, 0.5) is 0 Å². The first-order valence-electron chi connectivity index (χ1n) is 8.24. The first kappa shape index (κ1) is 16.4. The Bertz CT molecular complexity index is 903. The molecule has 3 heterocycles. The molecule has 1 aliphatic carbocycles. The number of hydrogen-bond donors (Lipinski definition) is 1. The van der Waals surface area contributed by atoms with E-state index in [9.17, 15) is 4.79 Å².